The second kappa shape index (κ2) is 5.14. The summed E-state index contributed by atoms with van der Waals surface area (Å²) in [6, 6.07) is 7.69. The van der Waals surface area contributed by atoms with Gasteiger partial charge >= 0.3 is 0 Å². The number of halogens is 1. The Morgan fingerprint density at radius 1 is 1.42 bits per heavy atom. The topological polar surface area (TPSA) is 21.3 Å². The van der Waals surface area contributed by atoms with Gasteiger partial charge in [0.25, 0.3) is 0 Å². The third-order valence-electron chi connectivity index (χ3n) is 1.47. The zero-order valence-corrected chi connectivity index (χ0v) is 7.77. The Morgan fingerprint density at radius 2 is 2.17 bits per heavy atom. The lowest BCUT2D eigenvalue weighted by molar-refractivity contribution is 0.0463. The van der Waals surface area contributed by atoms with E-state index >= 15 is 0 Å². The van der Waals surface area contributed by atoms with E-state index in [4.69, 9.17) is 16.4 Å². The Hall–Kier alpha value is -0.570. The minimum Gasteiger partial charge on any atom is -0.302 e. The predicted molar refractivity (Wildman–Crippen MR) is 49.9 cm³/mol. The molecule has 0 unspecified atom stereocenters. The van der Waals surface area contributed by atoms with Crippen molar-refractivity contribution < 1.29 is 4.84 Å². The molecule has 0 radical (unpaired) electrons. The lowest BCUT2D eigenvalue weighted by Gasteiger charge is -2.04. The number of hydrogen-bond acceptors (Lipinski definition) is 2. The number of hydroxylamine groups is 1. The van der Waals surface area contributed by atoms with Gasteiger partial charge in [-0.2, -0.15) is 5.48 Å². The van der Waals surface area contributed by atoms with E-state index in [0.29, 0.717) is 13.2 Å². The van der Waals surface area contributed by atoms with Crippen LogP contribution in [0.1, 0.15) is 12.5 Å². The van der Waals surface area contributed by atoms with E-state index in [9.17, 15) is 0 Å². The van der Waals surface area contributed by atoms with E-state index < -0.39 is 0 Å². The van der Waals surface area contributed by atoms with E-state index in [0.717, 1.165) is 10.6 Å². The Morgan fingerprint density at radius 3 is 2.83 bits per heavy atom. The van der Waals surface area contributed by atoms with Crippen LogP contribution in [0.3, 0.4) is 0 Å². The van der Waals surface area contributed by atoms with Gasteiger partial charge in [-0.15, -0.1) is 0 Å². The van der Waals surface area contributed by atoms with Crippen LogP contribution in [0.15, 0.2) is 24.3 Å². The lowest BCUT2D eigenvalue weighted by atomic mass is 10.2. The van der Waals surface area contributed by atoms with E-state index in [1.807, 2.05) is 31.2 Å². The molecule has 66 valence electrons. The molecule has 2 nitrogen and oxygen atoms in total. The van der Waals surface area contributed by atoms with Crippen LogP contribution >= 0.6 is 11.6 Å². The van der Waals surface area contributed by atoms with Crippen molar-refractivity contribution in [1.29, 1.82) is 0 Å². The highest BCUT2D eigenvalue weighted by Gasteiger charge is 1.96. The molecule has 1 N–H and O–H groups in total. The summed E-state index contributed by atoms with van der Waals surface area (Å²) >= 11 is 5.91. The molecule has 1 rings (SSSR count). The van der Waals surface area contributed by atoms with Gasteiger partial charge in [0, 0.05) is 11.6 Å². The highest BCUT2D eigenvalue weighted by atomic mass is 35.5. The highest BCUT2D eigenvalue weighted by molar-refractivity contribution is 6.31. The molecule has 0 aliphatic heterocycles. The molecule has 0 bridgehead atoms. The van der Waals surface area contributed by atoms with Gasteiger partial charge in [0.15, 0.2) is 0 Å². The maximum atomic E-state index is 5.91. The Balaban J connectivity index is 2.46. The van der Waals surface area contributed by atoms with Crippen LogP contribution in [0.2, 0.25) is 5.02 Å². The van der Waals surface area contributed by atoms with Gasteiger partial charge in [0.05, 0.1) is 6.61 Å². The van der Waals surface area contributed by atoms with Crippen LogP contribution in [0.5, 0.6) is 0 Å². The maximum absolute atomic E-state index is 5.91. The maximum Gasteiger partial charge on any atom is 0.0654 e. The summed E-state index contributed by atoms with van der Waals surface area (Å²) in [5, 5.41) is 0.768. The summed E-state index contributed by atoms with van der Waals surface area (Å²) in [6.07, 6.45) is 0. The molecule has 0 aromatic heterocycles. The summed E-state index contributed by atoms with van der Waals surface area (Å²) in [6.45, 7) is 3.23. The quantitative estimate of drug-likeness (QED) is 0.575. The molecule has 0 spiro atoms. The second-order valence-electron chi connectivity index (χ2n) is 2.35. The molecule has 0 aliphatic carbocycles. The highest BCUT2D eigenvalue weighted by Crippen LogP contribution is 2.13. The van der Waals surface area contributed by atoms with Gasteiger partial charge < -0.3 is 4.84 Å². The minimum atomic E-state index is 0.646. The number of nitrogens with one attached hydrogen (secondary N) is 1. The average Bonchev–Trinajstić information content (AvgIpc) is 2.09. The second-order valence-corrected chi connectivity index (χ2v) is 2.75. The normalized spacial score (nSPS) is 10.2. The molecule has 0 amide bonds. The summed E-state index contributed by atoms with van der Waals surface area (Å²) in [4.78, 5) is 4.98. The Kier molecular flexibility index (Phi) is 4.08. The van der Waals surface area contributed by atoms with Gasteiger partial charge in [-0.3, -0.25) is 0 Å². The van der Waals surface area contributed by atoms with Crippen molar-refractivity contribution >= 4 is 11.6 Å². The number of rotatable bonds is 4. The fourth-order valence-electron chi connectivity index (χ4n) is 0.873. The van der Waals surface area contributed by atoms with Crippen molar-refractivity contribution in [3.8, 4) is 0 Å². The van der Waals surface area contributed by atoms with E-state index in [1.54, 1.807) is 0 Å². The molecule has 0 atom stereocenters. The number of hydrogen-bond donors (Lipinski definition) is 1. The van der Waals surface area contributed by atoms with Crippen molar-refractivity contribution in [2.75, 3.05) is 6.61 Å². The van der Waals surface area contributed by atoms with E-state index in [-0.39, 0.29) is 0 Å². The molecule has 3 heteroatoms. The van der Waals surface area contributed by atoms with Crippen molar-refractivity contribution in [1.82, 2.24) is 5.48 Å². The third-order valence-corrected chi connectivity index (χ3v) is 1.84. The molecule has 0 saturated heterocycles. The van der Waals surface area contributed by atoms with E-state index in [1.165, 1.54) is 0 Å². The minimum absolute atomic E-state index is 0.646. The third kappa shape index (κ3) is 2.81. The first kappa shape index (κ1) is 9.52. The molecule has 0 aliphatic rings. The van der Waals surface area contributed by atoms with Gasteiger partial charge in [0.2, 0.25) is 0 Å². The first-order valence-corrected chi connectivity index (χ1v) is 4.30. The summed E-state index contributed by atoms with van der Waals surface area (Å²) in [7, 11) is 0. The first-order chi connectivity index (χ1) is 5.84. The monoisotopic (exact) mass is 185 g/mol. The lowest BCUT2D eigenvalue weighted by Crippen LogP contribution is -2.13. The van der Waals surface area contributed by atoms with Crippen LogP contribution in [-0.4, -0.2) is 6.61 Å². The average molecular weight is 186 g/mol. The fraction of sp³-hybridized carbons (Fsp3) is 0.333. The Bertz CT molecular complexity index is 240. The van der Waals surface area contributed by atoms with Gasteiger partial charge in [-0.05, 0) is 18.6 Å². The van der Waals surface area contributed by atoms with Crippen molar-refractivity contribution in [2.24, 2.45) is 0 Å². The van der Waals surface area contributed by atoms with Crippen LogP contribution in [-0.2, 0) is 11.4 Å². The molecular formula is C9H12ClNO. The number of benzene rings is 1. The van der Waals surface area contributed by atoms with Crippen molar-refractivity contribution in [2.45, 2.75) is 13.5 Å². The van der Waals surface area contributed by atoms with Crippen LogP contribution < -0.4 is 5.48 Å². The fourth-order valence-corrected chi connectivity index (χ4v) is 1.08. The zero-order valence-electron chi connectivity index (χ0n) is 7.01. The van der Waals surface area contributed by atoms with Gasteiger partial charge in [0.1, 0.15) is 0 Å². The molecular weight excluding hydrogens is 174 g/mol. The van der Waals surface area contributed by atoms with Crippen LogP contribution in [0.4, 0.5) is 0 Å². The largest absolute Gasteiger partial charge is 0.302 e. The molecule has 0 saturated carbocycles. The summed E-state index contributed by atoms with van der Waals surface area (Å²) < 4.78 is 0. The van der Waals surface area contributed by atoms with Crippen molar-refractivity contribution in [3.63, 3.8) is 0 Å². The first-order valence-electron chi connectivity index (χ1n) is 3.92. The van der Waals surface area contributed by atoms with Crippen LogP contribution in [0.25, 0.3) is 0 Å². The SMILES string of the molecule is CCONCc1ccccc1Cl. The van der Waals surface area contributed by atoms with Crippen molar-refractivity contribution in [3.05, 3.63) is 34.9 Å². The predicted octanol–water partition coefficient (Wildman–Crippen LogP) is 2.38. The standard InChI is InChI=1S/C9H12ClNO/c1-2-12-11-7-8-5-3-4-6-9(8)10/h3-6,11H,2,7H2,1H3. The molecule has 1 aromatic rings. The van der Waals surface area contributed by atoms with Crippen LogP contribution in [0, 0.1) is 0 Å². The summed E-state index contributed by atoms with van der Waals surface area (Å²) in [5.41, 5.74) is 3.86. The molecule has 0 fully saturated rings. The molecule has 0 heterocycles. The van der Waals surface area contributed by atoms with Gasteiger partial charge in [-0.25, -0.2) is 0 Å². The Labute approximate surface area is 77.4 Å². The smallest absolute Gasteiger partial charge is 0.0654 e. The van der Waals surface area contributed by atoms with Gasteiger partial charge in [-0.1, -0.05) is 29.8 Å². The zero-order chi connectivity index (χ0) is 8.81. The molecule has 1 aromatic carbocycles. The molecule has 12 heavy (non-hydrogen) atoms. The summed E-state index contributed by atoms with van der Waals surface area (Å²) in [5.74, 6) is 0. The van der Waals surface area contributed by atoms with E-state index in [2.05, 4.69) is 5.48 Å².